The van der Waals surface area contributed by atoms with Crippen molar-refractivity contribution in [2.24, 2.45) is 0 Å². The quantitative estimate of drug-likeness (QED) is 0.300. The van der Waals surface area contributed by atoms with Gasteiger partial charge in [-0.15, -0.1) is 0 Å². The van der Waals surface area contributed by atoms with Crippen molar-refractivity contribution in [3.8, 4) is 11.5 Å². The summed E-state index contributed by atoms with van der Waals surface area (Å²) < 4.78 is 19.9. The van der Waals surface area contributed by atoms with E-state index in [1.165, 1.54) is 14.2 Å². The lowest BCUT2D eigenvalue weighted by Crippen LogP contribution is -2.14. The molecular formula is C22H19Cl4N2O5P. The molecule has 0 radical (unpaired) electrons. The van der Waals surface area contributed by atoms with E-state index in [1.54, 1.807) is 60.7 Å². The lowest BCUT2D eigenvalue weighted by molar-refractivity contribution is 0.101. The number of ether oxygens (including phenoxy) is 2. The molecule has 0 fully saturated rings. The van der Waals surface area contributed by atoms with Crippen molar-refractivity contribution in [2.75, 3.05) is 24.9 Å². The Morgan fingerprint density at radius 3 is 1.94 bits per heavy atom. The number of carbonyl (C=O) groups excluding carboxylic acids is 2. The largest absolute Gasteiger partial charge is 0.493 e. The van der Waals surface area contributed by atoms with Crippen molar-refractivity contribution in [2.45, 2.75) is 0 Å². The van der Waals surface area contributed by atoms with Gasteiger partial charge in [0, 0.05) is 16.8 Å². The number of hydrogen-bond donors (Lipinski definition) is 2. The molecule has 2 N–H and O–H groups in total. The van der Waals surface area contributed by atoms with E-state index in [1.807, 2.05) is 6.07 Å². The van der Waals surface area contributed by atoms with E-state index < -0.39 is 5.20 Å². The average Bonchev–Trinajstić information content (AvgIpc) is 2.80. The fraction of sp³-hybridized carbons (Fsp3) is 0.0909. The summed E-state index contributed by atoms with van der Waals surface area (Å²) in [4.78, 5) is 25.0. The Balaban J connectivity index is 0.000000739. The molecule has 0 heterocycles. The molecular weight excluding hydrogens is 545 g/mol. The van der Waals surface area contributed by atoms with Crippen LogP contribution in [-0.4, -0.2) is 26.0 Å². The Bertz CT molecular complexity index is 1200. The molecule has 0 atom stereocenters. The van der Waals surface area contributed by atoms with Crippen LogP contribution in [0.3, 0.4) is 0 Å². The minimum atomic E-state index is -3.22. The Morgan fingerprint density at radius 2 is 1.35 bits per heavy atom. The highest BCUT2D eigenvalue weighted by Crippen LogP contribution is 2.61. The summed E-state index contributed by atoms with van der Waals surface area (Å²) in [6, 6.07) is 18.5. The molecule has 7 nitrogen and oxygen atoms in total. The van der Waals surface area contributed by atoms with Gasteiger partial charge in [0.15, 0.2) is 11.5 Å². The predicted molar refractivity (Wildman–Crippen MR) is 139 cm³/mol. The molecule has 0 bridgehead atoms. The van der Waals surface area contributed by atoms with Crippen molar-refractivity contribution in [1.82, 2.24) is 0 Å². The fourth-order valence-corrected chi connectivity index (χ4v) is 2.83. The first-order valence-corrected chi connectivity index (χ1v) is 14.2. The summed E-state index contributed by atoms with van der Waals surface area (Å²) in [6.45, 7) is 0. The van der Waals surface area contributed by atoms with Gasteiger partial charge >= 0.3 is 5.20 Å². The van der Waals surface area contributed by atoms with Crippen LogP contribution < -0.4 is 20.1 Å². The standard InChI is InChI=1S/C22H19ClN2O4.Cl3OP/c1-28-19-11-8-15(12-20(19)29-2)22(27)25-18-13-16(9-10-17(18)23)24-21(26)14-6-4-3-5-7-14;1-5(2,3)4/h3-13H,1-2H3,(H,24,26)(H,25,27);. The lowest BCUT2D eigenvalue weighted by atomic mass is 10.1. The van der Waals surface area contributed by atoms with E-state index in [2.05, 4.69) is 44.4 Å². The molecule has 0 saturated carbocycles. The van der Waals surface area contributed by atoms with E-state index >= 15 is 0 Å². The van der Waals surface area contributed by atoms with Crippen LogP contribution in [0.5, 0.6) is 11.5 Å². The summed E-state index contributed by atoms with van der Waals surface area (Å²) in [6.07, 6.45) is 0. The lowest BCUT2D eigenvalue weighted by Gasteiger charge is -2.12. The SMILES string of the molecule is COc1ccc(C(=O)Nc2cc(NC(=O)c3ccccc3)ccc2Cl)cc1OC.O=P(Cl)(Cl)Cl. The second-order valence-corrected chi connectivity index (χ2v) is 13.5. The number of halogens is 4. The summed E-state index contributed by atoms with van der Waals surface area (Å²) >= 11 is 20.1. The molecule has 12 heteroatoms. The molecule has 3 aromatic carbocycles. The number of amides is 2. The molecule has 0 spiro atoms. The Hall–Kier alpha value is -2.41. The molecule has 3 rings (SSSR count). The van der Waals surface area contributed by atoms with Crippen LogP contribution >= 0.6 is 50.5 Å². The highest BCUT2D eigenvalue weighted by Gasteiger charge is 2.14. The van der Waals surface area contributed by atoms with E-state index in [9.17, 15) is 14.2 Å². The number of anilines is 2. The van der Waals surface area contributed by atoms with E-state index in [0.717, 1.165) is 0 Å². The third-order valence-electron chi connectivity index (χ3n) is 4.15. The van der Waals surface area contributed by atoms with Gasteiger partial charge in [-0.1, -0.05) is 29.8 Å². The zero-order valence-corrected chi connectivity index (χ0v) is 21.8. The van der Waals surface area contributed by atoms with Crippen LogP contribution in [0.2, 0.25) is 5.02 Å². The molecule has 34 heavy (non-hydrogen) atoms. The van der Waals surface area contributed by atoms with Crippen LogP contribution in [-0.2, 0) is 4.57 Å². The van der Waals surface area contributed by atoms with Crippen LogP contribution in [0.4, 0.5) is 11.4 Å². The number of benzene rings is 3. The second-order valence-electron chi connectivity index (χ2n) is 6.44. The van der Waals surface area contributed by atoms with Crippen LogP contribution in [0.25, 0.3) is 0 Å². The molecule has 0 unspecified atom stereocenters. The van der Waals surface area contributed by atoms with Crippen LogP contribution in [0, 0.1) is 0 Å². The van der Waals surface area contributed by atoms with Crippen molar-refractivity contribution in [3.63, 3.8) is 0 Å². The third kappa shape index (κ3) is 9.09. The molecule has 2 amide bonds. The van der Waals surface area contributed by atoms with E-state index in [0.29, 0.717) is 39.0 Å². The fourth-order valence-electron chi connectivity index (χ4n) is 2.66. The zero-order valence-electron chi connectivity index (χ0n) is 17.9. The highest BCUT2D eigenvalue weighted by molar-refractivity contribution is 8.24. The summed E-state index contributed by atoms with van der Waals surface area (Å²) in [5, 5.41) is 2.66. The first-order chi connectivity index (χ1) is 16.0. The summed E-state index contributed by atoms with van der Waals surface area (Å²) in [5.74, 6) is 0.326. The molecule has 0 aromatic heterocycles. The van der Waals surface area contributed by atoms with Gasteiger partial charge in [-0.05, 0) is 82.3 Å². The number of hydrogen-bond acceptors (Lipinski definition) is 5. The van der Waals surface area contributed by atoms with Gasteiger partial charge in [-0.25, -0.2) is 0 Å². The van der Waals surface area contributed by atoms with Crippen molar-refractivity contribution in [3.05, 3.63) is 82.9 Å². The molecule has 0 aliphatic carbocycles. The van der Waals surface area contributed by atoms with Crippen molar-refractivity contribution < 1.29 is 23.6 Å². The highest BCUT2D eigenvalue weighted by atomic mass is 36.0. The molecule has 0 saturated heterocycles. The summed E-state index contributed by atoms with van der Waals surface area (Å²) in [5.41, 5.74) is 1.78. The number of carbonyl (C=O) groups is 2. The maximum atomic E-state index is 12.6. The molecule has 3 aromatic rings. The molecule has 180 valence electrons. The van der Waals surface area contributed by atoms with E-state index in [-0.39, 0.29) is 11.8 Å². The maximum Gasteiger partial charge on any atom is 0.339 e. The van der Waals surface area contributed by atoms with Gasteiger partial charge < -0.3 is 20.1 Å². The Kier molecular flexibility index (Phi) is 10.5. The number of methoxy groups -OCH3 is 2. The smallest absolute Gasteiger partial charge is 0.339 e. The Morgan fingerprint density at radius 1 is 0.765 bits per heavy atom. The first kappa shape index (κ1) is 27.8. The van der Waals surface area contributed by atoms with Crippen LogP contribution in [0.15, 0.2) is 66.7 Å². The van der Waals surface area contributed by atoms with Gasteiger partial charge in [0.05, 0.1) is 24.9 Å². The van der Waals surface area contributed by atoms with Gasteiger partial charge in [0.25, 0.3) is 11.8 Å². The topological polar surface area (TPSA) is 93.7 Å². The van der Waals surface area contributed by atoms with Gasteiger partial charge in [0.2, 0.25) is 0 Å². The monoisotopic (exact) mass is 562 g/mol. The van der Waals surface area contributed by atoms with Crippen molar-refractivity contribution in [1.29, 1.82) is 0 Å². The van der Waals surface area contributed by atoms with Gasteiger partial charge in [-0.2, -0.15) is 0 Å². The maximum absolute atomic E-state index is 12.6. The number of rotatable bonds is 6. The minimum absolute atomic E-state index is 0.259. The second kappa shape index (κ2) is 12.9. The van der Waals surface area contributed by atoms with Crippen LogP contribution in [0.1, 0.15) is 20.7 Å². The third-order valence-corrected chi connectivity index (χ3v) is 4.48. The average molecular weight is 564 g/mol. The van der Waals surface area contributed by atoms with Crippen molar-refractivity contribution >= 4 is 73.7 Å². The van der Waals surface area contributed by atoms with Gasteiger partial charge in [-0.3, -0.25) is 14.2 Å². The Labute approximate surface area is 216 Å². The first-order valence-electron chi connectivity index (χ1n) is 9.40. The minimum Gasteiger partial charge on any atom is -0.493 e. The molecule has 0 aliphatic heterocycles. The van der Waals surface area contributed by atoms with Gasteiger partial charge in [0.1, 0.15) is 0 Å². The summed E-state index contributed by atoms with van der Waals surface area (Å²) in [7, 11) is 3.02. The molecule has 0 aliphatic rings. The zero-order chi connectivity index (χ0) is 25.3. The number of nitrogens with one attached hydrogen (secondary N) is 2. The predicted octanol–water partition coefficient (Wildman–Crippen LogP) is 7.67. The van der Waals surface area contributed by atoms with E-state index in [4.69, 9.17) is 21.1 Å². The normalized spacial score (nSPS) is 10.4.